The lowest BCUT2D eigenvalue weighted by Crippen LogP contribution is -2.38. The van der Waals surface area contributed by atoms with E-state index in [9.17, 15) is 0 Å². The number of rotatable bonds is 16. The largest absolute Gasteiger partial charge is 0.426 e. The Morgan fingerprint density at radius 1 is 0.963 bits per heavy atom. The van der Waals surface area contributed by atoms with Gasteiger partial charge in [-0.25, -0.2) is 0 Å². The lowest BCUT2D eigenvalue weighted by molar-refractivity contribution is -0.333. The van der Waals surface area contributed by atoms with Crippen LogP contribution in [0.3, 0.4) is 0 Å². The first-order valence-corrected chi connectivity index (χ1v) is 8.68. The minimum atomic E-state index is -1.97. The third kappa shape index (κ3) is 10.6. The maximum atomic E-state index is 8.97. The van der Waals surface area contributed by atoms with E-state index in [4.69, 9.17) is 49.9 Å². The molecule has 1 aromatic carbocycles. The Kier molecular flexibility index (Phi) is 13.0. The first-order chi connectivity index (χ1) is 13.1. The summed E-state index contributed by atoms with van der Waals surface area (Å²) in [6, 6.07) is 7.08. The molecular formula is C18H27ClO8. The second-order valence-corrected chi connectivity index (χ2v) is 5.50. The number of hydrogen-bond acceptors (Lipinski definition) is 8. The van der Waals surface area contributed by atoms with Gasteiger partial charge in [0.2, 0.25) is 0 Å². The van der Waals surface area contributed by atoms with Crippen molar-refractivity contribution in [3.63, 3.8) is 0 Å². The van der Waals surface area contributed by atoms with Gasteiger partial charge in [0, 0.05) is 19.8 Å². The minimum absolute atomic E-state index is 0.103. The lowest BCUT2D eigenvalue weighted by atomic mass is 10.2. The van der Waals surface area contributed by atoms with Gasteiger partial charge in [-0.15, -0.1) is 0 Å². The topological polar surface area (TPSA) is 84.8 Å². The predicted octanol–water partition coefficient (Wildman–Crippen LogP) is 2.20. The van der Waals surface area contributed by atoms with Crippen molar-refractivity contribution >= 4 is 17.7 Å². The summed E-state index contributed by atoms with van der Waals surface area (Å²) in [4.78, 5) is 0. The highest BCUT2D eigenvalue weighted by Crippen LogP contribution is 2.29. The van der Waals surface area contributed by atoms with Crippen LogP contribution in [0.25, 0.3) is 6.08 Å². The average Bonchev–Trinajstić information content (AvgIpc) is 2.67. The van der Waals surface area contributed by atoms with Crippen LogP contribution < -0.4 is 4.74 Å². The van der Waals surface area contributed by atoms with Crippen LogP contribution in [0.1, 0.15) is 5.56 Å². The molecule has 1 aromatic rings. The van der Waals surface area contributed by atoms with E-state index >= 15 is 0 Å². The lowest BCUT2D eigenvalue weighted by Gasteiger charge is -2.27. The van der Waals surface area contributed by atoms with Gasteiger partial charge in [-0.2, -0.15) is 0 Å². The molecule has 0 unspecified atom stereocenters. The van der Waals surface area contributed by atoms with Crippen LogP contribution in [-0.2, 0) is 28.4 Å². The number of methoxy groups -OCH3 is 2. The zero-order chi connectivity index (χ0) is 19.8. The van der Waals surface area contributed by atoms with Gasteiger partial charge in [-0.3, -0.25) is 9.47 Å². The second-order valence-electron chi connectivity index (χ2n) is 5.03. The maximum Gasteiger partial charge on any atom is 0.420 e. The summed E-state index contributed by atoms with van der Waals surface area (Å²) in [5.41, 5.74) is -1.28. The van der Waals surface area contributed by atoms with E-state index in [1.807, 2.05) is 6.07 Å². The fourth-order valence-corrected chi connectivity index (χ4v) is 1.92. The van der Waals surface area contributed by atoms with Crippen molar-refractivity contribution in [3.05, 3.63) is 35.9 Å². The van der Waals surface area contributed by atoms with E-state index in [1.54, 1.807) is 44.6 Å². The second kappa shape index (κ2) is 14.8. The molecule has 154 valence electrons. The number of hydrogen-bond donors (Lipinski definition) is 1. The van der Waals surface area contributed by atoms with Gasteiger partial charge in [0.15, 0.2) is 13.6 Å². The number of ether oxygens (including phenoxy) is 7. The summed E-state index contributed by atoms with van der Waals surface area (Å²) in [5, 5.41) is 8.97. The third-order valence-electron chi connectivity index (χ3n) is 3.05. The van der Waals surface area contributed by atoms with E-state index in [1.165, 1.54) is 0 Å². The first kappa shape index (κ1) is 23.8. The van der Waals surface area contributed by atoms with Gasteiger partial charge >= 0.3 is 5.43 Å². The fraction of sp³-hybridized carbons (Fsp3) is 0.556. The standard InChI is InChI=1S/C18H27ClO8/c1-21-10-12-23-14-25-18(19,26-15-24-13-11-22-2)27-17-8-4-3-6-16(17)7-5-9-20/h3-8,20H,9-15H2,1-2H3/b7-5+. The van der Waals surface area contributed by atoms with E-state index in [0.29, 0.717) is 37.7 Å². The number of benzene rings is 1. The molecular weight excluding hydrogens is 380 g/mol. The average molecular weight is 407 g/mol. The van der Waals surface area contributed by atoms with Crippen LogP contribution in [0.15, 0.2) is 30.3 Å². The number of aliphatic hydroxyl groups excluding tert-OH is 1. The van der Waals surface area contributed by atoms with E-state index < -0.39 is 5.43 Å². The van der Waals surface area contributed by atoms with Gasteiger partial charge < -0.3 is 28.8 Å². The Morgan fingerprint density at radius 2 is 1.56 bits per heavy atom. The minimum Gasteiger partial charge on any atom is -0.426 e. The summed E-state index contributed by atoms with van der Waals surface area (Å²) >= 11 is 6.34. The van der Waals surface area contributed by atoms with Gasteiger partial charge in [0.25, 0.3) is 0 Å². The van der Waals surface area contributed by atoms with Crippen molar-refractivity contribution in [1.82, 2.24) is 0 Å². The van der Waals surface area contributed by atoms with Gasteiger partial charge in [-0.1, -0.05) is 30.4 Å². The van der Waals surface area contributed by atoms with Crippen LogP contribution in [-0.4, -0.2) is 71.4 Å². The fourth-order valence-electron chi connectivity index (χ4n) is 1.75. The zero-order valence-electron chi connectivity index (χ0n) is 15.6. The molecule has 0 bridgehead atoms. The molecule has 0 aliphatic rings. The summed E-state index contributed by atoms with van der Waals surface area (Å²) in [6.45, 7) is 1.00. The maximum absolute atomic E-state index is 8.97. The molecule has 0 aliphatic heterocycles. The number of halogens is 1. The van der Waals surface area contributed by atoms with E-state index in [-0.39, 0.29) is 20.2 Å². The summed E-state index contributed by atoms with van der Waals surface area (Å²) < 4.78 is 36.8. The molecule has 27 heavy (non-hydrogen) atoms. The molecule has 0 amide bonds. The Morgan fingerprint density at radius 3 is 2.11 bits per heavy atom. The predicted molar refractivity (Wildman–Crippen MR) is 99.3 cm³/mol. The van der Waals surface area contributed by atoms with Gasteiger partial charge in [0.05, 0.1) is 33.0 Å². The summed E-state index contributed by atoms with van der Waals surface area (Å²) in [6.07, 6.45) is 3.26. The molecule has 1 rings (SSSR count). The van der Waals surface area contributed by atoms with Crippen molar-refractivity contribution in [2.75, 3.05) is 60.8 Å². The molecule has 1 N–H and O–H groups in total. The van der Waals surface area contributed by atoms with Crippen LogP contribution in [0.2, 0.25) is 0 Å². The molecule has 0 spiro atoms. The van der Waals surface area contributed by atoms with Gasteiger partial charge in [0.1, 0.15) is 5.75 Å². The molecule has 9 heteroatoms. The summed E-state index contributed by atoms with van der Waals surface area (Å²) in [5.74, 6) is 0.394. The first-order valence-electron chi connectivity index (χ1n) is 8.31. The molecule has 0 aromatic heterocycles. The SMILES string of the molecule is COCCOCOC(Cl)(OCOCCOC)Oc1ccccc1/C=C/CO. The molecule has 0 heterocycles. The highest BCUT2D eigenvalue weighted by atomic mass is 35.5. The normalized spacial score (nSPS) is 12.0. The molecule has 0 fully saturated rings. The Hall–Kier alpha value is -1.23. The highest BCUT2D eigenvalue weighted by molar-refractivity contribution is 6.21. The molecule has 8 nitrogen and oxygen atoms in total. The monoisotopic (exact) mass is 406 g/mol. The Labute approximate surface area is 164 Å². The quantitative estimate of drug-likeness (QED) is 0.254. The van der Waals surface area contributed by atoms with Gasteiger partial charge in [-0.05, 0) is 17.7 Å². The Bertz CT molecular complexity index is 512. The van der Waals surface area contributed by atoms with Crippen molar-refractivity contribution in [3.8, 4) is 5.75 Å². The van der Waals surface area contributed by atoms with E-state index in [0.717, 1.165) is 0 Å². The molecule has 0 atom stereocenters. The number of aliphatic hydroxyl groups is 1. The van der Waals surface area contributed by atoms with Crippen molar-refractivity contribution in [1.29, 1.82) is 0 Å². The third-order valence-corrected chi connectivity index (χ3v) is 3.34. The molecule has 0 aliphatic carbocycles. The van der Waals surface area contributed by atoms with Crippen LogP contribution in [0.5, 0.6) is 5.75 Å². The van der Waals surface area contributed by atoms with Crippen LogP contribution in [0.4, 0.5) is 0 Å². The summed E-state index contributed by atoms with van der Waals surface area (Å²) in [7, 11) is 3.13. The van der Waals surface area contributed by atoms with Crippen molar-refractivity contribution in [2.24, 2.45) is 0 Å². The number of para-hydroxylation sites is 1. The Balaban J connectivity index is 2.72. The molecule has 0 saturated heterocycles. The number of alkyl halides is 1. The van der Waals surface area contributed by atoms with Crippen molar-refractivity contribution < 1.29 is 38.3 Å². The molecule has 0 radical (unpaired) electrons. The van der Waals surface area contributed by atoms with E-state index in [2.05, 4.69) is 0 Å². The van der Waals surface area contributed by atoms with Crippen LogP contribution in [0, 0.1) is 0 Å². The smallest absolute Gasteiger partial charge is 0.420 e. The van der Waals surface area contributed by atoms with Crippen LogP contribution >= 0.6 is 11.6 Å². The highest BCUT2D eigenvalue weighted by Gasteiger charge is 2.34. The van der Waals surface area contributed by atoms with Crippen molar-refractivity contribution in [2.45, 2.75) is 5.43 Å². The zero-order valence-corrected chi connectivity index (χ0v) is 16.4. The molecule has 0 saturated carbocycles.